The maximum absolute atomic E-state index is 12.1. The van der Waals surface area contributed by atoms with Crippen LogP contribution in [-0.4, -0.2) is 13.0 Å². The lowest BCUT2D eigenvalue weighted by Crippen LogP contribution is -2.10. The van der Waals surface area contributed by atoms with Crippen molar-refractivity contribution in [2.45, 2.75) is 64.2 Å². The van der Waals surface area contributed by atoms with E-state index in [0.29, 0.717) is 11.8 Å². The van der Waals surface area contributed by atoms with Gasteiger partial charge in [0.15, 0.2) is 0 Å². The molecule has 0 radical (unpaired) electrons. The van der Waals surface area contributed by atoms with Crippen molar-refractivity contribution in [1.29, 1.82) is 0 Å². The van der Waals surface area contributed by atoms with Gasteiger partial charge in [-0.3, -0.25) is 4.55 Å². The van der Waals surface area contributed by atoms with Gasteiger partial charge in [0, 0.05) is 5.39 Å². The minimum atomic E-state index is -4.25. The average molecular weight is 334 g/mol. The van der Waals surface area contributed by atoms with Gasteiger partial charge in [-0.2, -0.15) is 8.42 Å². The predicted molar refractivity (Wildman–Crippen MR) is 95.7 cm³/mol. The Morgan fingerprint density at radius 3 is 1.96 bits per heavy atom. The van der Waals surface area contributed by atoms with Gasteiger partial charge in [-0.25, -0.2) is 0 Å². The summed E-state index contributed by atoms with van der Waals surface area (Å²) in [5, 5.41) is 1.56. The molecule has 0 saturated carbocycles. The highest BCUT2D eigenvalue weighted by Gasteiger charge is 2.24. The molecule has 0 spiro atoms. The van der Waals surface area contributed by atoms with Crippen LogP contribution in [0.15, 0.2) is 29.2 Å². The van der Waals surface area contributed by atoms with Gasteiger partial charge in [0.25, 0.3) is 10.1 Å². The van der Waals surface area contributed by atoms with Gasteiger partial charge >= 0.3 is 0 Å². The summed E-state index contributed by atoms with van der Waals surface area (Å²) in [6, 6.07) is 7.48. The normalized spacial score (nSPS) is 12.0. The maximum Gasteiger partial charge on any atom is 0.295 e. The van der Waals surface area contributed by atoms with Crippen molar-refractivity contribution < 1.29 is 13.0 Å². The second kappa shape index (κ2) is 7.45. The van der Waals surface area contributed by atoms with Gasteiger partial charge < -0.3 is 0 Å². The highest BCUT2D eigenvalue weighted by molar-refractivity contribution is 7.86. The van der Waals surface area contributed by atoms with E-state index < -0.39 is 10.1 Å². The summed E-state index contributed by atoms with van der Waals surface area (Å²) in [7, 11) is -4.25. The zero-order valence-corrected chi connectivity index (χ0v) is 15.0. The van der Waals surface area contributed by atoms with Crippen molar-refractivity contribution >= 4 is 20.9 Å². The van der Waals surface area contributed by atoms with Crippen molar-refractivity contribution in [2.75, 3.05) is 0 Å². The fraction of sp³-hybridized carbons (Fsp3) is 0.474. The molecule has 0 aliphatic heterocycles. The van der Waals surface area contributed by atoms with Crippen LogP contribution in [0.2, 0.25) is 0 Å². The molecule has 0 atom stereocenters. The van der Waals surface area contributed by atoms with E-state index >= 15 is 0 Å². The quantitative estimate of drug-likeness (QED) is 0.718. The van der Waals surface area contributed by atoms with Gasteiger partial charge in [-0.1, -0.05) is 51.0 Å². The van der Waals surface area contributed by atoms with Crippen LogP contribution in [0.4, 0.5) is 0 Å². The third-order valence-corrected chi connectivity index (χ3v) is 5.47. The molecule has 0 saturated heterocycles. The Labute approximate surface area is 139 Å². The molecule has 0 aliphatic carbocycles. The molecule has 0 aromatic heterocycles. The molecule has 0 amide bonds. The summed E-state index contributed by atoms with van der Waals surface area (Å²) < 4.78 is 34.1. The van der Waals surface area contributed by atoms with Crippen LogP contribution in [0.25, 0.3) is 10.8 Å². The van der Waals surface area contributed by atoms with E-state index in [1.165, 1.54) is 0 Å². The summed E-state index contributed by atoms with van der Waals surface area (Å²) >= 11 is 0. The van der Waals surface area contributed by atoms with Crippen LogP contribution in [-0.2, 0) is 23.0 Å². The predicted octanol–water partition coefficient (Wildman–Crippen LogP) is 5.08. The molecule has 126 valence electrons. The first-order valence-electron chi connectivity index (χ1n) is 8.42. The largest absolute Gasteiger partial charge is 0.295 e. The monoisotopic (exact) mass is 334 g/mol. The van der Waals surface area contributed by atoms with Crippen molar-refractivity contribution in [1.82, 2.24) is 0 Å². The molecule has 2 rings (SSSR count). The van der Waals surface area contributed by atoms with Gasteiger partial charge in [-0.05, 0) is 54.7 Å². The molecule has 0 heterocycles. The minimum absolute atomic E-state index is 0.123. The lowest BCUT2D eigenvalue weighted by Gasteiger charge is -2.19. The van der Waals surface area contributed by atoms with E-state index in [2.05, 4.69) is 20.8 Å². The van der Waals surface area contributed by atoms with Crippen molar-refractivity contribution in [3.05, 3.63) is 41.0 Å². The molecular weight excluding hydrogens is 308 g/mol. The third-order valence-electron chi connectivity index (χ3n) is 4.49. The SMILES string of the molecule is CCCCc1c(CCCC)c(S(=O)(=O)O)c2ccccc2c1C. The first kappa shape index (κ1) is 18.0. The van der Waals surface area contributed by atoms with Crippen molar-refractivity contribution in [3.63, 3.8) is 0 Å². The standard InChI is InChI=1S/C19H26O3S/c1-4-6-10-15-14(3)16-12-8-9-13-18(16)19(23(20,21)22)17(15)11-7-5-2/h8-9,12-13H,4-7,10-11H2,1-3H3,(H,20,21,22). The molecule has 2 aromatic carbocycles. The first-order chi connectivity index (χ1) is 10.9. The summed E-state index contributed by atoms with van der Waals surface area (Å²) in [4.78, 5) is 0.123. The fourth-order valence-corrected chi connectivity index (χ4v) is 4.29. The average Bonchev–Trinajstić information content (AvgIpc) is 2.51. The van der Waals surface area contributed by atoms with Crippen LogP contribution >= 0.6 is 0 Å². The Bertz CT molecular complexity index is 792. The fourth-order valence-electron chi connectivity index (χ4n) is 3.30. The zero-order chi connectivity index (χ0) is 17.0. The molecule has 0 bridgehead atoms. The van der Waals surface area contributed by atoms with E-state index in [4.69, 9.17) is 0 Å². The number of fused-ring (bicyclic) bond motifs is 1. The molecule has 3 nitrogen and oxygen atoms in total. The third kappa shape index (κ3) is 3.75. The number of aryl methyl sites for hydroxylation is 1. The van der Waals surface area contributed by atoms with E-state index in [1.807, 2.05) is 18.2 Å². The van der Waals surface area contributed by atoms with E-state index in [0.717, 1.165) is 54.2 Å². The number of benzene rings is 2. The second-order valence-corrected chi connectivity index (χ2v) is 7.50. The Morgan fingerprint density at radius 2 is 1.43 bits per heavy atom. The van der Waals surface area contributed by atoms with Crippen LogP contribution in [0, 0.1) is 6.92 Å². The van der Waals surface area contributed by atoms with Crippen LogP contribution in [0.5, 0.6) is 0 Å². The Hall–Kier alpha value is -1.39. The van der Waals surface area contributed by atoms with Gasteiger partial charge in [-0.15, -0.1) is 0 Å². The Morgan fingerprint density at radius 1 is 0.913 bits per heavy atom. The molecule has 0 unspecified atom stereocenters. The minimum Gasteiger partial charge on any atom is -0.282 e. The summed E-state index contributed by atoms with van der Waals surface area (Å²) in [6.45, 7) is 6.29. The number of unbranched alkanes of at least 4 members (excludes halogenated alkanes) is 2. The van der Waals surface area contributed by atoms with Gasteiger partial charge in [0.2, 0.25) is 0 Å². The second-order valence-electron chi connectivity index (χ2n) is 6.14. The number of rotatable bonds is 7. The smallest absolute Gasteiger partial charge is 0.282 e. The molecule has 1 N–H and O–H groups in total. The van der Waals surface area contributed by atoms with Crippen LogP contribution in [0.1, 0.15) is 56.2 Å². The lowest BCUT2D eigenvalue weighted by atomic mass is 9.89. The van der Waals surface area contributed by atoms with Crippen molar-refractivity contribution in [2.24, 2.45) is 0 Å². The van der Waals surface area contributed by atoms with Crippen molar-refractivity contribution in [3.8, 4) is 0 Å². The molecule has 0 fully saturated rings. The van der Waals surface area contributed by atoms with Crippen LogP contribution < -0.4 is 0 Å². The summed E-state index contributed by atoms with van der Waals surface area (Å²) in [6.07, 6.45) is 5.53. The first-order valence-corrected chi connectivity index (χ1v) is 9.86. The molecule has 4 heteroatoms. The summed E-state index contributed by atoms with van der Waals surface area (Å²) in [5.74, 6) is 0. The lowest BCUT2D eigenvalue weighted by molar-refractivity contribution is 0.482. The number of hydrogen-bond acceptors (Lipinski definition) is 2. The maximum atomic E-state index is 12.1. The molecule has 23 heavy (non-hydrogen) atoms. The highest BCUT2D eigenvalue weighted by atomic mass is 32.2. The molecule has 2 aromatic rings. The van der Waals surface area contributed by atoms with E-state index in [-0.39, 0.29) is 4.90 Å². The van der Waals surface area contributed by atoms with E-state index in [1.54, 1.807) is 6.07 Å². The van der Waals surface area contributed by atoms with Gasteiger partial charge in [0.05, 0.1) is 0 Å². The van der Waals surface area contributed by atoms with E-state index in [9.17, 15) is 13.0 Å². The van der Waals surface area contributed by atoms with Gasteiger partial charge in [0.1, 0.15) is 4.90 Å². The van der Waals surface area contributed by atoms with Crippen LogP contribution in [0.3, 0.4) is 0 Å². The number of hydrogen-bond donors (Lipinski definition) is 1. The highest BCUT2D eigenvalue weighted by Crippen LogP contribution is 2.35. The molecule has 0 aliphatic rings. The Kier molecular flexibility index (Phi) is 5.82. The zero-order valence-electron chi connectivity index (χ0n) is 14.2. The summed E-state index contributed by atoms with van der Waals surface area (Å²) in [5.41, 5.74) is 3.07. The topological polar surface area (TPSA) is 54.4 Å². The molecular formula is C19H26O3S. The Balaban J connectivity index is 2.86.